The van der Waals surface area contributed by atoms with Gasteiger partial charge in [-0.25, -0.2) is 4.98 Å². The van der Waals surface area contributed by atoms with Gasteiger partial charge in [0.2, 0.25) is 0 Å². The molecule has 0 saturated carbocycles. The Labute approximate surface area is 114 Å². The Kier molecular flexibility index (Phi) is 3.94. The molecule has 5 nitrogen and oxygen atoms in total. The van der Waals surface area contributed by atoms with Crippen molar-refractivity contribution in [2.75, 3.05) is 24.5 Å². The molecule has 2 rings (SSSR count). The molecule has 5 heteroatoms. The van der Waals surface area contributed by atoms with Gasteiger partial charge in [0.25, 0.3) is 5.56 Å². The van der Waals surface area contributed by atoms with Crippen LogP contribution in [-0.2, 0) is 5.54 Å². The maximum atomic E-state index is 12.5. The van der Waals surface area contributed by atoms with Crippen LogP contribution in [0.3, 0.4) is 0 Å². The Morgan fingerprint density at radius 1 is 1.37 bits per heavy atom. The summed E-state index contributed by atoms with van der Waals surface area (Å²) in [6.07, 6.45) is 5.57. The van der Waals surface area contributed by atoms with Crippen LogP contribution in [0.25, 0.3) is 0 Å². The lowest BCUT2D eigenvalue weighted by Gasteiger charge is -2.32. The van der Waals surface area contributed by atoms with E-state index < -0.39 is 0 Å². The first-order valence-corrected chi connectivity index (χ1v) is 6.96. The summed E-state index contributed by atoms with van der Waals surface area (Å²) in [5.74, 6) is 1.16. The van der Waals surface area contributed by atoms with E-state index in [0.29, 0.717) is 11.7 Å². The van der Waals surface area contributed by atoms with Crippen molar-refractivity contribution in [2.24, 2.45) is 11.7 Å². The topological polar surface area (TPSA) is 64.2 Å². The van der Waals surface area contributed by atoms with Crippen molar-refractivity contribution < 1.29 is 0 Å². The van der Waals surface area contributed by atoms with Crippen LogP contribution in [0, 0.1) is 5.92 Å². The van der Waals surface area contributed by atoms with Gasteiger partial charge in [-0.2, -0.15) is 0 Å². The average Bonchev–Trinajstić information content (AvgIpc) is 2.38. The highest BCUT2D eigenvalue weighted by atomic mass is 16.1. The molecule has 1 aromatic rings. The fourth-order valence-corrected chi connectivity index (χ4v) is 2.53. The monoisotopic (exact) mass is 264 g/mol. The molecule has 106 valence electrons. The van der Waals surface area contributed by atoms with Crippen LogP contribution in [0.15, 0.2) is 17.2 Å². The number of anilines is 1. The van der Waals surface area contributed by atoms with E-state index in [2.05, 4.69) is 9.88 Å². The molecule has 0 unspecified atom stereocenters. The van der Waals surface area contributed by atoms with E-state index >= 15 is 0 Å². The number of hydrogen-bond acceptors (Lipinski definition) is 4. The number of hydrogen-bond donors (Lipinski definition) is 1. The summed E-state index contributed by atoms with van der Waals surface area (Å²) in [7, 11) is 0. The van der Waals surface area contributed by atoms with E-state index in [1.54, 1.807) is 17.0 Å². The summed E-state index contributed by atoms with van der Waals surface area (Å²) >= 11 is 0. The minimum absolute atomic E-state index is 0.00111. The third-order valence-corrected chi connectivity index (χ3v) is 3.79. The van der Waals surface area contributed by atoms with Crippen LogP contribution >= 0.6 is 0 Å². The Morgan fingerprint density at radius 2 is 2.00 bits per heavy atom. The molecule has 0 aromatic carbocycles. The van der Waals surface area contributed by atoms with Gasteiger partial charge >= 0.3 is 0 Å². The lowest BCUT2D eigenvalue weighted by molar-refractivity contribution is 0.378. The van der Waals surface area contributed by atoms with Gasteiger partial charge in [0, 0.05) is 31.0 Å². The second kappa shape index (κ2) is 5.33. The van der Waals surface area contributed by atoms with Crippen LogP contribution in [0.5, 0.6) is 0 Å². The molecule has 0 amide bonds. The zero-order chi connectivity index (χ0) is 14.0. The number of piperidine rings is 1. The largest absolute Gasteiger partial charge is 0.352 e. The summed E-state index contributed by atoms with van der Waals surface area (Å²) in [5, 5.41) is 0. The molecular formula is C14H24N4O. The summed E-state index contributed by atoms with van der Waals surface area (Å²) in [6.45, 7) is 8.56. The third-order valence-electron chi connectivity index (χ3n) is 3.79. The molecule has 1 aromatic heterocycles. The molecule has 0 spiro atoms. The van der Waals surface area contributed by atoms with Crippen LogP contribution < -0.4 is 16.2 Å². The van der Waals surface area contributed by atoms with Gasteiger partial charge in [0.1, 0.15) is 0 Å². The van der Waals surface area contributed by atoms with E-state index in [0.717, 1.165) is 32.5 Å². The third kappa shape index (κ3) is 2.97. The lowest BCUT2D eigenvalue weighted by Crippen LogP contribution is -2.42. The smallest absolute Gasteiger partial charge is 0.293 e. The first-order chi connectivity index (χ1) is 8.93. The molecule has 0 aliphatic carbocycles. The van der Waals surface area contributed by atoms with Crippen molar-refractivity contribution in [2.45, 2.75) is 39.2 Å². The van der Waals surface area contributed by atoms with E-state index in [9.17, 15) is 4.79 Å². The standard InChI is InChI=1S/C14H24N4O/c1-14(2,3)18-9-6-16-12(13(18)19)17-7-4-11(10-15)5-8-17/h6,9,11H,4-5,7-8,10,15H2,1-3H3. The molecule has 0 radical (unpaired) electrons. The van der Waals surface area contributed by atoms with Crippen LogP contribution in [0.4, 0.5) is 5.82 Å². The lowest BCUT2D eigenvalue weighted by atomic mass is 9.97. The summed E-state index contributed by atoms with van der Waals surface area (Å²) in [5.41, 5.74) is 5.48. The second-order valence-electron chi connectivity index (χ2n) is 6.26. The van der Waals surface area contributed by atoms with Crippen LogP contribution in [-0.4, -0.2) is 29.2 Å². The number of nitrogens with zero attached hydrogens (tertiary/aromatic N) is 3. The summed E-state index contributed by atoms with van der Waals surface area (Å²) < 4.78 is 1.75. The number of aromatic nitrogens is 2. The molecule has 2 heterocycles. The van der Waals surface area contributed by atoms with Gasteiger partial charge in [-0.05, 0) is 46.1 Å². The van der Waals surface area contributed by atoms with Crippen molar-refractivity contribution in [1.29, 1.82) is 0 Å². The van der Waals surface area contributed by atoms with Crippen molar-refractivity contribution in [1.82, 2.24) is 9.55 Å². The zero-order valence-electron chi connectivity index (χ0n) is 12.1. The highest BCUT2D eigenvalue weighted by Gasteiger charge is 2.23. The molecule has 1 fully saturated rings. The molecule has 1 aliphatic heterocycles. The molecule has 1 saturated heterocycles. The SMILES string of the molecule is CC(C)(C)n1ccnc(N2CCC(CN)CC2)c1=O. The van der Waals surface area contributed by atoms with Crippen molar-refractivity contribution in [3.63, 3.8) is 0 Å². The average molecular weight is 264 g/mol. The Hall–Kier alpha value is -1.36. The predicted molar refractivity (Wildman–Crippen MR) is 77.5 cm³/mol. The van der Waals surface area contributed by atoms with Crippen molar-refractivity contribution >= 4 is 5.82 Å². The fourth-order valence-electron chi connectivity index (χ4n) is 2.53. The molecule has 0 atom stereocenters. The van der Waals surface area contributed by atoms with Crippen LogP contribution in [0.1, 0.15) is 33.6 Å². The molecule has 0 bridgehead atoms. The Balaban J connectivity index is 2.25. The molecule has 2 N–H and O–H groups in total. The normalized spacial score (nSPS) is 17.8. The van der Waals surface area contributed by atoms with Crippen molar-refractivity contribution in [3.8, 4) is 0 Å². The van der Waals surface area contributed by atoms with E-state index in [1.165, 1.54) is 0 Å². The molecule has 1 aliphatic rings. The maximum absolute atomic E-state index is 12.5. The number of nitrogens with two attached hydrogens (primary N) is 1. The quantitative estimate of drug-likeness (QED) is 0.871. The minimum Gasteiger partial charge on any atom is -0.352 e. The van der Waals surface area contributed by atoms with Gasteiger partial charge in [-0.3, -0.25) is 4.79 Å². The van der Waals surface area contributed by atoms with Gasteiger partial charge in [0.05, 0.1) is 0 Å². The molecular weight excluding hydrogens is 240 g/mol. The highest BCUT2D eigenvalue weighted by molar-refractivity contribution is 5.36. The summed E-state index contributed by atoms with van der Waals surface area (Å²) in [4.78, 5) is 18.9. The highest BCUT2D eigenvalue weighted by Crippen LogP contribution is 2.19. The second-order valence-corrected chi connectivity index (χ2v) is 6.26. The van der Waals surface area contributed by atoms with E-state index in [-0.39, 0.29) is 11.1 Å². The number of rotatable bonds is 2. The van der Waals surface area contributed by atoms with Gasteiger partial charge in [-0.1, -0.05) is 0 Å². The van der Waals surface area contributed by atoms with Gasteiger partial charge in [0.15, 0.2) is 5.82 Å². The Morgan fingerprint density at radius 3 is 2.53 bits per heavy atom. The zero-order valence-corrected chi connectivity index (χ0v) is 12.1. The van der Waals surface area contributed by atoms with Gasteiger partial charge < -0.3 is 15.2 Å². The fraction of sp³-hybridized carbons (Fsp3) is 0.714. The first kappa shape index (κ1) is 14.1. The predicted octanol–water partition coefficient (Wildman–Crippen LogP) is 1.17. The maximum Gasteiger partial charge on any atom is 0.293 e. The Bertz CT molecular complexity index is 481. The first-order valence-electron chi connectivity index (χ1n) is 6.96. The summed E-state index contributed by atoms with van der Waals surface area (Å²) in [6, 6.07) is 0. The van der Waals surface area contributed by atoms with E-state index in [1.807, 2.05) is 20.8 Å². The molecule has 19 heavy (non-hydrogen) atoms. The minimum atomic E-state index is -0.218. The van der Waals surface area contributed by atoms with Crippen molar-refractivity contribution in [3.05, 3.63) is 22.7 Å². The van der Waals surface area contributed by atoms with E-state index in [4.69, 9.17) is 5.73 Å². The van der Waals surface area contributed by atoms with Crippen LogP contribution in [0.2, 0.25) is 0 Å². The van der Waals surface area contributed by atoms with Gasteiger partial charge in [-0.15, -0.1) is 0 Å².